The average molecular weight is 330 g/mol. The van der Waals surface area contributed by atoms with Gasteiger partial charge in [0.05, 0.1) is 5.51 Å². The number of hydrogen-bond acceptors (Lipinski definition) is 5. The SMILES string of the molecule is CC(NS(=O)(=O)c1scnc1C(=O)O)c1cccc(F)c1. The van der Waals surface area contributed by atoms with Crippen LogP contribution in [0.1, 0.15) is 29.0 Å². The fraction of sp³-hybridized carbons (Fsp3) is 0.167. The van der Waals surface area contributed by atoms with E-state index in [1.807, 2.05) is 0 Å². The minimum Gasteiger partial charge on any atom is -0.476 e. The first-order valence-electron chi connectivity index (χ1n) is 5.76. The third-order valence-electron chi connectivity index (χ3n) is 2.66. The number of aromatic nitrogens is 1. The van der Waals surface area contributed by atoms with Gasteiger partial charge in [-0.25, -0.2) is 27.3 Å². The van der Waals surface area contributed by atoms with Crippen LogP contribution in [0.25, 0.3) is 0 Å². The molecule has 0 spiro atoms. The predicted molar refractivity (Wildman–Crippen MR) is 74.2 cm³/mol. The molecule has 0 radical (unpaired) electrons. The molecule has 0 aliphatic carbocycles. The van der Waals surface area contributed by atoms with Crippen molar-refractivity contribution in [2.24, 2.45) is 0 Å². The molecule has 0 saturated heterocycles. The molecular formula is C12H11FN2O4S2. The van der Waals surface area contributed by atoms with E-state index in [0.717, 1.165) is 5.51 Å². The number of nitrogens with zero attached hydrogens (tertiary/aromatic N) is 1. The minimum atomic E-state index is -4.05. The van der Waals surface area contributed by atoms with Crippen LogP contribution in [0.5, 0.6) is 0 Å². The molecule has 0 aliphatic heterocycles. The van der Waals surface area contributed by atoms with Crippen LogP contribution >= 0.6 is 11.3 Å². The predicted octanol–water partition coefficient (Wildman–Crippen LogP) is 2.02. The van der Waals surface area contributed by atoms with Gasteiger partial charge in [-0.15, -0.1) is 11.3 Å². The van der Waals surface area contributed by atoms with Gasteiger partial charge >= 0.3 is 5.97 Å². The van der Waals surface area contributed by atoms with Gasteiger partial charge in [-0.3, -0.25) is 0 Å². The van der Waals surface area contributed by atoms with Gasteiger partial charge in [0.2, 0.25) is 0 Å². The van der Waals surface area contributed by atoms with Crippen LogP contribution in [0.3, 0.4) is 0 Å². The molecule has 0 bridgehead atoms. The van der Waals surface area contributed by atoms with Gasteiger partial charge in [-0.1, -0.05) is 12.1 Å². The van der Waals surface area contributed by atoms with Gasteiger partial charge in [0.1, 0.15) is 5.82 Å². The summed E-state index contributed by atoms with van der Waals surface area (Å²) in [6.45, 7) is 1.54. The molecule has 6 nitrogen and oxygen atoms in total. The van der Waals surface area contributed by atoms with E-state index in [9.17, 15) is 17.6 Å². The normalized spacial score (nSPS) is 13.0. The summed E-state index contributed by atoms with van der Waals surface area (Å²) in [5.74, 6) is -1.91. The number of sulfonamides is 1. The fourth-order valence-electron chi connectivity index (χ4n) is 1.70. The Balaban J connectivity index is 2.29. The Morgan fingerprint density at radius 3 is 2.81 bits per heavy atom. The van der Waals surface area contributed by atoms with Crippen molar-refractivity contribution in [3.8, 4) is 0 Å². The number of aromatic carboxylic acids is 1. The van der Waals surface area contributed by atoms with Crippen LogP contribution < -0.4 is 4.72 Å². The van der Waals surface area contributed by atoms with Gasteiger partial charge in [0, 0.05) is 6.04 Å². The molecule has 2 N–H and O–H groups in total. The van der Waals surface area contributed by atoms with E-state index in [2.05, 4.69) is 9.71 Å². The van der Waals surface area contributed by atoms with Crippen molar-refractivity contribution in [3.05, 3.63) is 46.9 Å². The van der Waals surface area contributed by atoms with Crippen LogP contribution in [-0.2, 0) is 10.0 Å². The third kappa shape index (κ3) is 3.43. The maximum atomic E-state index is 13.1. The number of halogens is 1. The molecule has 0 fully saturated rings. The Morgan fingerprint density at radius 1 is 1.48 bits per heavy atom. The van der Waals surface area contributed by atoms with Crippen molar-refractivity contribution >= 4 is 27.3 Å². The number of thiazole rings is 1. The lowest BCUT2D eigenvalue weighted by Crippen LogP contribution is -2.27. The lowest BCUT2D eigenvalue weighted by atomic mass is 10.1. The van der Waals surface area contributed by atoms with Crippen molar-refractivity contribution in [1.29, 1.82) is 0 Å². The first-order chi connectivity index (χ1) is 9.81. The molecule has 21 heavy (non-hydrogen) atoms. The zero-order chi connectivity index (χ0) is 15.6. The van der Waals surface area contributed by atoms with Gasteiger partial charge in [0.25, 0.3) is 10.0 Å². The highest BCUT2D eigenvalue weighted by molar-refractivity contribution is 7.91. The molecule has 9 heteroatoms. The standard InChI is InChI=1S/C12H11FN2O4S2/c1-7(8-3-2-4-9(13)5-8)15-21(18,19)12-10(11(16)17)14-6-20-12/h2-7,15H,1H3,(H,16,17). The monoisotopic (exact) mass is 330 g/mol. The van der Waals surface area contributed by atoms with Crippen molar-refractivity contribution in [2.45, 2.75) is 17.2 Å². The second kappa shape index (κ2) is 5.88. The van der Waals surface area contributed by atoms with E-state index in [4.69, 9.17) is 5.11 Å². The van der Waals surface area contributed by atoms with Crippen molar-refractivity contribution < 1.29 is 22.7 Å². The van der Waals surface area contributed by atoms with Gasteiger partial charge in [-0.2, -0.15) is 0 Å². The zero-order valence-corrected chi connectivity index (χ0v) is 12.4. The van der Waals surface area contributed by atoms with Crippen molar-refractivity contribution in [3.63, 3.8) is 0 Å². The van der Waals surface area contributed by atoms with E-state index >= 15 is 0 Å². The maximum Gasteiger partial charge on any atom is 0.356 e. The van der Waals surface area contributed by atoms with Crippen molar-refractivity contribution in [2.75, 3.05) is 0 Å². The molecule has 1 heterocycles. The topological polar surface area (TPSA) is 96.4 Å². The second-order valence-corrected chi connectivity index (χ2v) is 6.96. The molecule has 0 saturated carbocycles. The van der Waals surface area contributed by atoms with Gasteiger partial charge < -0.3 is 5.11 Å². The maximum absolute atomic E-state index is 13.1. The molecule has 112 valence electrons. The van der Waals surface area contributed by atoms with Crippen LogP contribution in [0, 0.1) is 5.82 Å². The number of carboxylic acids is 1. The Morgan fingerprint density at radius 2 is 2.19 bits per heavy atom. The third-order valence-corrected chi connectivity index (χ3v) is 5.57. The largest absolute Gasteiger partial charge is 0.476 e. The highest BCUT2D eigenvalue weighted by Crippen LogP contribution is 2.23. The summed E-state index contributed by atoms with van der Waals surface area (Å²) in [5, 5.41) is 8.91. The molecule has 0 aliphatic rings. The van der Waals surface area contributed by atoms with E-state index in [-0.39, 0.29) is 4.21 Å². The lowest BCUT2D eigenvalue weighted by molar-refractivity contribution is 0.0687. The highest BCUT2D eigenvalue weighted by Gasteiger charge is 2.27. The van der Waals surface area contributed by atoms with E-state index in [1.54, 1.807) is 6.07 Å². The quantitative estimate of drug-likeness (QED) is 0.874. The van der Waals surface area contributed by atoms with Crippen molar-refractivity contribution in [1.82, 2.24) is 9.71 Å². The van der Waals surface area contributed by atoms with Gasteiger partial charge in [-0.05, 0) is 24.6 Å². The number of benzene rings is 1. The fourth-order valence-corrected chi connectivity index (χ4v) is 4.09. The molecular weight excluding hydrogens is 319 g/mol. The molecule has 0 amide bonds. The Kier molecular flexibility index (Phi) is 4.35. The zero-order valence-electron chi connectivity index (χ0n) is 10.8. The lowest BCUT2D eigenvalue weighted by Gasteiger charge is -2.14. The molecule has 1 unspecified atom stereocenters. The van der Waals surface area contributed by atoms with Crippen LogP contribution in [-0.4, -0.2) is 24.5 Å². The smallest absolute Gasteiger partial charge is 0.356 e. The summed E-state index contributed by atoms with van der Waals surface area (Å²) in [6, 6.07) is 4.77. The summed E-state index contributed by atoms with van der Waals surface area (Å²) < 4.78 is 39.5. The van der Waals surface area contributed by atoms with Gasteiger partial charge in [0.15, 0.2) is 9.90 Å². The summed E-state index contributed by atoms with van der Waals surface area (Å²) in [6.07, 6.45) is 0. The van der Waals surface area contributed by atoms with Crippen LogP contribution in [0.4, 0.5) is 4.39 Å². The molecule has 2 aromatic rings. The van der Waals surface area contributed by atoms with E-state index < -0.39 is 33.5 Å². The Labute approximate surface area is 124 Å². The van der Waals surface area contributed by atoms with E-state index in [1.165, 1.54) is 25.1 Å². The highest BCUT2D eigenvalue weighted by atomic mass is 32.2. The summed E-state index contributed by atoms with van der Waals surface area (Å²) in [7, 11) is -4.05. The first-order valence-corrected chi connectivity index (χ1v) is 8.12. The molecule has 1 aromatic heterocycles. The van der Waals surface area contributed by atoms with Crippen LogP contribution in [0.15, 0.2) is 34.0 Å². The Hall–Kier alpha value is -1.84. The summed E-state index contributed by atoms with van der Waals surface area (Å²) >= 11 is 0.709. The first kappa shape index (κ1) is 15.5. The average Bonchev–Trinajstić information content (AvgIpc) is 2.88. The number of rotatable bonds is 5. The number of carbonyl (C=O) groups is 1. The second-order valence-electron chi connectivity index (χ2n) is 4.19. The van der Waals surface area contributed by atoms with Crippen LogP contribution in [0.2, 0.25) is 0 Å². The molecule has 2 rings (SSSR count). The number of hydrogen-bond donors (Lipinski definition) is 2. The molecule has 1 aromatic carbocycles. The summed E-state index contributed by atoms with van der Waals surface area (Å²) in [5.41, 5.74) is 1.05. The number of nitrogens with one attached hydrogen (secondary N) is 1. The number of carboxylic acid groups (broad SMARTS) is 1. The molecule has 1 atom stereocenters. The Bertz CT molecular complexity index is 773. The van der Waals surface area contributed by atoms with E-state index in [0.29, 0.717) is 16.9 Å². The minimum absolute atomic E-state index is 0.377. The summed E-state index contributed by atoms with van der Waals surface area (Å²) in [4.78, 5) is 14.4.